The second-order valence-corrected chi connectivity index (χ2v) is 9.52. The predicted molar refractivity (Wildman–Crippen MR) is 121 cm³/mol. The first-order chi connectivity index (χ1) is 15.8. The molecule has 10 nitrogen and oxygen atoms in total. The number of primary amides is 1. The molecule has 2 aliphatic heterocycles. The Morgan fingerprint density at radius 1 is 0.818 bits per heavy atom. The van der Waals surface area contributed by atoms with E-state index in [1.54, 1.807) is 23.1 Å². The van der Waals surface area contributed by atoms with Gasteiger partial charge in [-0.05, 0) is 25.0 Å². The summed E-state index contributed by atoms with van der Waals surface area (Å²) in [5.41, 5.74) is 18.0. The SMILES string of the molecule is NC(=O)c1nccnc1C(=O)N1CC23CCCCC2(CN(C(=O)c2cccc(N)c2N)C3)C1. The van der Waals surface area contributed by atoms with Crippen LogP contribution >= 0.6 is 0 Å². The molecule has 1 aromatic carbocycles. The zero-order valence-corrected chi connectivity index (χ0v) is 18.3. The fourth-order valence-corrected chi connectivity index (χ4v) is 6.17. The molecule has 0 radical (unpaired) electrons. The normalized spacial score (nSPS) is 26.1. The molecule has 2 atom stereocenters. The largest absolute Gasteiger partial charge is 0.397 e. The number of nitrogens with zero attached hydrogens (tertiary/aromatic N) is 4. The first kappa shape index (κ1) is 21.2. The van der Waals surface area contributed by atoms with Crippen molar-refractivity contribution in [3.05, 3.63) is 47.5 Å². The van der Waals surface area contributed by atoms with Crippen LogP contribution in [0, 0.1) is 10.8 Å². The summed E-state index contributed by atoms with van der Waals surface area (Å²) in [6.07, 6.45) is 6.68. The summed E-state index contributed by atoms with van der Waals surface area (Å²) in [6, 6.07) is 5.12. The number of aromatic nitrogens is 2. The van der Waals surface area contributed by atoms with Crippen LogP contribution in [-0.2, 0) is 0 Å². The number of hydrogen-bond acceptors (Lipinski definition) is 7. The Morgan fingerprint density at radius 2 is 1.36 bits per heavy atom. The van der Waals surface area contributed by atoms with Gasteiger partial charge in [-0.25, -0.2) is 9.97 Å². The maximum atomic E-state index is 13.4. The molecule has 172 valence electrons. The van der Waals surface area contributed by atoms with Crippen molar-refractivity contribution >= 4 is 29.1 Å². The van der Waals surface area contributed by atoms with Gasteiger partial charge in [0.1, 0.15) is 0 Å². The van der Waals surface area contributed by atoms with Gasteiger partial charge in [0.15, 0.2) is 11.4 Å². The van der Waals surface area contributed by atoms with Crippen molar-refractivity contribution < 1.29 is 14.4 Å². The van der Waals surface area contributed by atoms with Crippen molar-refractivity contribution in [2.75, 3.05) is 37.6 Å². The van der Waals surface area contributed by atoms with Crippen LogP contribution in [0.4, 0.5) is 11.4 Å². The molecule has 3 fully saturated rings. The van der Waals surface area contributed by atoms with E-state index in [1.165, 1.54) is 12.4 Å². The zero-order valence-electron chi connectivity index (χ0n) is 18.3. The Labute approximate surface area is 191 Å². The summed E-state index contributed by atoms with van der Waals surface area (Å²) in [7, 11) is 0. The first-order valence-electron chi connectivity index (χ1n) is 11.1. The van der Waals surface area contributed by atoms with Gasteiger partial charge in [0.05, 0.1) is 16.9 Å². The Hall–Kier alpha value is -3.69. The van der Waals surface area contributed by atoms with Gasteiger partial charge in [0, 0.05) is 49.4 Å². The van der Waals surface area contributed by atoms with Gasteiger partial charge in [-0.3, -0.25) is 14.4 Å². The molecule has 33 heavy (non-hydrogen) atoms. The van der Waals surface area contributed by atoms with Crippen LogP contribution in [0.2, 0.25) is 0 Å². The van der Waals surface area contributed by atoms with E-state index in [-0.39, 0.29) is 34.0 Å². The summed E-state index contributed by atoms with van der Waals surface area (Å²) in [5.74, 6) is -1.25. The molecular weight excluding hydrogens is 422 g/mol. The fourth-order valence-electron chi connectivity index (χ4n) is 6.17. The molecule has 10 heteroatoms. The van der Waals surface area contributed by atoms with Gasteiger partial charge in [-0.2, -0.15) is 0 Å². The molecule has 0 spiro atoms. The molecule has 2 aromatic rings. The number of nitrogen functional groups attached to an aromatic ring is 2. The van der Waals surface area contributed by atoms with Crippen LogP contribution < -0.4 is 17.2 Å². The molecule has 2 unspecified atom stereocenters. The number of amides is 3. The average Bonchev–Trinajstić information content (AvgIpc) is 3.31. The lowest BCUT2D eigenvalue weighted by atomic mass is 9.60. The summed E-state index contributed by atoms with van der Waals surface area (Å²) < 4.78 is 0. The first-order valence-corrected chi connectivity index (χ1v) is 11.1. The second-order valence-electron chi connectivity index (χ2n) is 9.52. The molecule has 5 rings (SSSR count). The summed E-state index contributed by atoms with van der Waals surface area (Å²) in [4.78, 5) is 50.2. The smallest absolute Gasteiger partial charge is 0.274 e. The highest BCUT2D eigenvalue weighted by Crippen LogP contribution is 2.60. The maximum absolute atomic E-state index is 13.4. The number of carbonyl (C=O) groups is 3. The number of hydrogen-bond donors (Lipinski definition) is 3. The number of carbonyl (C=O) groups excluding carboxylic acids is 3. The molecule has 6 N–H and O–H groups in total. The Balaban J connectivity index is 1.44. The Bertz CT molecular complexity index is 1140. The van der Waals surface area contributed by atoms with Crippen LogP contribution in [0.5, 0.6) is 0 Å². The Kier molecular flexibility index (Phi) is 4.77. The van der Waals surface area contributed by atoms with E-state index < -0.39 is 5.91 Å². The maximum Gasteiger partial charge on any atom is 0.274 e. The lowest BCUT2D eigenvalue weighted by molar-refractivity contribution is 0.0702. The third-order valence-electron chi connectivity index (χ3n) is 7.74. The molecular formula is C23H27N7O3. The summed E-state index contributed by atoms with van der Waals surface area (Å²) in [6.45, 7) is 2.09. The second kappa shape index (κ2) is 7.43. The van der Waals surface area contributed by atoms with Crippen LogP contribution in [0.3, 0.4) is 0 Å². The number of likely N-dealkylation sites (tertiary alicyclic amines) is 2. The van der Waals surface area contributed by atoms with Crippen LogP contribution in [0.1, 0.15) is 57.0 Å². The highest BCUT2D eigenvalue weighted by atomic mass is 16.2. The molecule has 1 aliphatic carbocycles. The molecule has 1 saturated carbocycles. The van der Waals surface area contributed by atoms with Crippen molar-refractivity contribution in [3.63, 3.8) is 0 Å². The van der Waals surface area contributed by atoms with E-state index in [1.807, 2.05) is 4.90 Å². The summed E-state index contributed by atoms with van der Waals surface area (Å²) >= 11 is 0. The van der Waals surface area contributed by atoms with Gasteiger partial charge in [0.25, 0.3) is 17.7 Å². The number of para-hydroxylation sites is 1. The number of benzene rings is 1. The van der Waals surface area contributed by atoms with E-state index in [0.29, 0.717) is 43.1 Å². The molecule has 3 aliphatic rings. The third kappa shape index (κ3) is 3.12. The van der Waals surface area contributed by atoms with E-state index in [4.69, 9.17) is 17.2 Å². The fraction of sp³-hybridized carbons (Fsp3) is 0.435. The summed E-state index contributed by atoms with van der Waals surface area (Å²) in [5, 5.41) is 0. The van der Waals surface area contributed by atoms with E-state index in [9.17, 15) is 14.4 Å². The number of rotatable bonds is 3. The molecule has 3 heterocycles. The van der Waals surface area contributed by atoms with Crippen molar-refractivity contribution in [3.8, 4) is 0 Å². The number of anilines is 2. The van der Waals surface area contributed by atoms with E-state index >= 15 is 0 Å². The highest BCUT2D eigenvalue weighted by molar-refractivity contribution is 6.04. The van der Waals surface area contributed by atoms with Crippen LogP contribution in [0.25, 0.3) is 0 Å². The van der Waals surface area contributed by atoms with E-state index in [0.717, 1.165) is 25.7 Å². The quantitative estimate of drug-likeness (QED) is 0.586. The van der Waals surface area contributed by atoms with Crippen LogP contribution in [0.15, 0.2) is 30.6 Å². The third-order valence-corrected chi connectivity index (χ3v) is 7.74. The molecule has 0 bridgehead atoms. The van der Waals surface area contributed by atoms with Crippen LogP contribution in [-0.4, -0.2) is 63.7 Å². The van der Waals surface area contributed by atoms with Crippen molar-refractivity contribution in [2.24, 2.45) is 16.6 Å². The molecule has 2 saturated heterocycles. The van der Waals surface area contributed by atoms with Crippen molar-refractivity contribution in [1.29, 1.82) is 0 Å². The van der Waals surface area contributed by atoms with Gasteiger partial charge in [-0.15, -0.1) is 0 Å². The average molecular weight is 450 g/mol. The Morgan fingerprint density at radius 3 is 1.94 bits per heavy atom. The van der Waals surface area contributed by atoms with Gasteiger partial charge < -0.3 is 27.0 Å². The predicted octanol–water partition coefficient (Wildman–Crippen LogP) is 0.899. The lowest BCUT2D eigenvalue weighted by Crippen LogP contribution is -2.42. The standard InChI is InChI=1S/C23H27N7O3/c24-15-5-3-4-14(16(15)25)20(32)29-10-22-6-1-2-7-23(22,11-29)13-30(12-22)21(33)18-17(19(26)31)27-8-9-28-18/h3-5,8-9H,1-2,6-7,10-13,24-25H2,(H2,26,31). The zero-order chi connectivity index (χ0) is 23.4. The topological polar surface area (TPSA) is 162 Å². The van der Waals surface area contributed by atoms with Gasteiger partial charge in [0.2, 0.25) is 0 Å². The van der Waals surface area contributed by atoms with Crippen molar-refractivity contribution in [2.45, 2.75) is 25.7 Å². The monoisotopic (exact) mass is 449 g/mol. The molecule has 3 amide bonds. The lowest BCUT2D eigenvalue weighted by Gasteiger charge is -2.41. The number of nitrogens with two attached hydrogens (primary N) is 3. The minimum Gasteiger partial charge on any atom is -0.397 e. The van der Waals surface area contributed by atoms with E-state index in [2.05, 4.69) is 9.97 Å². The minimum absolute atomic E-state index is 0.0185. The van der Waals surface area contributed by atoms with Gasteiger partial charge >= 0.3 is 0 Å². The highest BCUT2D eigenvalue weighted by Gasteiger charge is 2.64. The van der Waals surface area contributed by atoms with Gasteiger partial charge in [-0.1, -0.05) is 18.9 Å². The van der Waals surface area contributed by atoms with Crippen molar-refractivity contribution in [1.82, 2.24) is 19.8 Å². The minimum atomic E-state index is -0.781. The molecule has 1 aromatic heterocycles.